The van der Waals surface area contributed by atoms with Crippen LogP contribution in [0, 0.1) is 0 Å². The first kappa shape index (κ1) is 26.9. The van der Waals surface area contributed by atoms with Gasteiger partial charge in [0, 0.05) is 28.9 Å². The lowest BCUT2D eigenvalue weighted by atomic mass is 9.79. The first-order chi connectivity index (χ1) is 18.9. The van der Waals surface area contributed by atoms with Crippen molar-refractivity contribution in [2.24, 2.45) is 5.16 Å². The predicted molar refractivity (Wildman–Crippen MR) is 137 cm³/mol. The second-order valence-electron chi connectivity index (χ2n) is 8.93. The van der Waals surface area contributed by atoms with Crippen LogP contribution in [0.4, 0.5) is 5.13 Å². The lowest BCUT2D eigenvalue weighted by molar-refractivity contribution is -0.668. The number of carboxylic acid groups (broad SMARTS) is 2. The quantitative estimate of drug-likeness (QED) is 0.104. The van der Waals surface area contributed by atoms with Crippen molar-refractivity contribution in [3.8, 4) is 0 Å². The molecule has 2 atom stereocenters. The summed E-state index contributed by atoms with van der Waals surface area (Å²) in [6.45, 7) is 3.13. The third-order valence-electron chi connectivity index (χ3n) is 6.60. The molecule has 208 valence electrons. The number of aromatic carboxylic acids is 1. The van der Waals surface area contributed by atoms with Crippen LogP contribution in [0.5, 0.6) is 0 Å². The molecule has 3 aromatic heterocycles. The maximum Gasteiger partial charge on any atom is 0.425 e. The molecule has 1 fully saturated rings. The molecule has 0 saturated carbocycles. The molecule has 40 heavy (non-hydrogen) atoms. The molecule has 5 N–H and O–H groups in total. The van der Waals surface area contributed by atoms with Crippen molar-refractivity contribution in [1.29, 1.82) is 0 Å². The molecule has 2 aliphatic rings. The van der Waals surface area contributed by atoms with Crippen molar-refractivity contribution < 1.29 is 38.8 Å². The summed E-state index contributed by atoms with van der Waals surface area (Å²) in [5.74, 6) is -4.30. The van der Waals surface area contributed by atoms with Crippen LogP contribution >= 0.6 is 23.3 Å². The summed E-state index contributed by atoms with van der Waals surface area (Å²) in [6, 6.07) is 1.60. The molecule has 0 radical (unpaired) electrons. The molecule has 0 unspecified atom stereocenters. The van der Waals surface area contributed by atoms with Gasteiger partial charge in [0.05, 0.1) is 18.9 Å². The zero-order chi connectivity index (χ0) is 29.0. The lowest BCUT2D eigenvalue weighted by Crippen LogP contribution is -2.85. The zero-order valence-corrected chi connectivity index (χ0v) is 22.7. The van der Waals surface area contributed by atoms with Crippen molar-refractivity contribution in [3.63, 3.8) is 0 Å². The minimum Gasteiger partial charge on any atom is -0.477 e. The topological polar surface area (TPSA) is 231 Å². The van der Waals surface area contributed by atoms with Crippen LogP contribution < -0.4 is 15.6 Å². The van der Waals surface area contributed by atoms with E-state index in [9.17, 15) is 29.4 Å². The number of thioether (sulfide) groups is 1. The van der Waals surface area contributed by atoms with E-state index in [0.717, 1.165) is 16.4 Å². The normalized spacial score (nSPS) is 22.6. The highest BCUT2D eigenvalue weighted by Gasteiger charge is 2.70. The molecule has 0 aliphatic carbocycles. The molecule has 19 heteroatoms. The van der Waals surface area contributed by atoms with Crippen molar-refractivity contribution in [2.75, 3.05) is 18.6 Å². The second kappa shape index (κ2) is 9.52. The summed E-state index contributed by atoms with van der Waals surface area (Å²) in [5.41, 5.74) is 3.91. The number of nitrogens with zero attached hydrogens (tertiary/aromatic N) is 8. The fraction of sp³-hybridized carbons (Fsp3) is 0.333. The van der Waals surface area contributed by atoms with E-state index in [4.69, 9.17) is 10.6 Å². The van der Waals surface area contributed by atoms with Crippen molar-refractivity contribution >= 4 is 63.7 Å². The molecular weight excluding hydrogens is 568 g/mol. The molecule has 2 amide bonds. The van der Waals surface area contributed by atoms with Gasteiger partial charge in [-0.05, 0) is 18.8 Å². The number of oxime groups is 1. The van der Waals surface area contributed by atoms with E-state index in [1.807, 2.05) is 0 Å². The molecule has 2 aliphatic heterocycles. The molecule has 5 heterocycles. The lowest BCUT2D eigenvalue weighted by Gasteiger charge is -2.63. The number of nitrogens with two attached hydrogens (primary N) is 1. The van der Waals surface area contributed by atoms with Crippen LogP contribution in [-0.4, -0.2) is 91.8 Å². The number of carboxylic acids is 2. The predicted octanol–water partition coefficient (Wildman–Crippen LogP) is -1.28. The Hall–Kier alpha value is -4.65. The van der Waals surface area contributed by atoms with E-state index in [1.54, 1.807) is 19.2 Å². The molecule has 0 bridgehead atoms. The van der Waals surface area contributed by atoms with Crippen LogP contribution in [0.25, 0.3) is 5.78 Å². The number of hydrogen-bond donors (Lipinski definition) is 4. The Bertz CT molecular complexity index is 1670. The number of hydrogen-bond acceptors (Lipinski definition) is 13. The van der Waals surface area contributed by atoms with Gasteiger partial charge in [0.15, 0.2) is 5.13 Å². The SMILES string of the molecule is CO/N=C(\C(=O)N[C@]1(C)C(=O)N2C(C(=O)O)=C(C[n+]3cccn4nc(C(=O)O)nc43)CS[C@@]21C)c1nsc(N)n1. The van der Waals surface area contributed by atoms with Crippen LogP contribution in [0.15, 0.2) is 34.9 Å². The van der Waals surface area contributed by atoms with Gasteiger partial charge in [-0.15, -0.1) is 16.3 Å². The van der Waals surface area contributed by atoms with Gasteiger partial charge in [0.25, 0.3) is 11.8 Å². The summed E-state index contributed by atoms with van der Waals surface area (Å²) in [7, 11) is 1.23. The number of β-lactam (4-membered cyclic amide) rings is 1. The molecule has 3 aromatic rings. The third kappa shape index (κ3) is 4.01. The Morgan fingerprint density at radius 1 is 1.25 bits per heavy atom. The average Bonchev–Trinajstić information content (AvgIpc) is 3.54. The third-order valence-corrected chi connectivity index (χ3v) is 8.79. The number of nitrogens with one attached hydrogen (secondary N) is 1. The first-order valence-electron chi connectivity index (χ1n) is 11.4. The summed E-state index contributed by atoms with van der Waals surface area (Å²) >= 11 is 2.10. The number of amides is 2. The monoisotopic (exact) mass is 589 g/mol. The van der Waals surface area contributed by atoms with Crippen LogP contribution in [-0.2, 0) is 25.8 Å². The second-order valence-corrected chi connectivity index (χ2v) is 11.1. The van der Waals surface area contributed by atoms with Crippen molar-refractivity contribution in [1.82, 2.24) is 34.2 Å². The molecule has 17 nitrogen and oxygen atoms in total. The van der Waals surface area contributed by atoms with E-state index >= 15 is 0 Å². The number of carbonyl (C=O) groups excluding carboxylic acids is 2. The number of carbonyl (C=O) groups is 4. The van der Waals surface area contributed by atoms with Crippen molar-refractivity contribution in [2.45, 2.75) is 30.8 Å². The minimum absolute atomic E-state index is 0.0127. The van der Waals surface area contributed by atoms with Gasteiger partial charge in [-0.2, -0.15) is 9.36 Å². The molecule has 0 aromatic carbocycles. The van der Waals surface area contributed by atoms with Gasteiger partial charge in [0.2, 0.25) is 11.5 Å². The molecule has 5 rings (SSSR count). The number of anilines is 1. The number of rotatable bonds is 8. The fourth-order valence-corrected chi connectivity index (χ4v) is 6.36. The number of fused-ring (bicyclic) bond motifs is 2. The Kier molecular flexibility index (Phi) is 6.41. The maximum absolute atomic E-state index is 13.6. The number of aromatic nitrogens is 6. The summed E-state index contributed by atoms with van der Waals surface area (Å²) < 4.78 is 6.76. The zero-order valence-electron chi connectivity index (χ0n) is 21.1. The van der Waals surface area contributed by atoms with Gasteiger partial charge in [0.1, 0.15) is 23.2 Å². The smallest absolute Gasteiger partial charge is 0.425 e. The van der Waals surface area contributed by atoms with E-state index in [1.165, 1.54) is 41.1 Å². The van der Waals surface area contributed by atoms with Crippen LogP contribution in [0.2, 0.25) is 0 Å². The van der Waals surface area contributed by atoms with E-state index in [0.29, 0.717) is 5.57 Å². The molecular formula is C21H21N10O7S2+. The molecule has 1 saturated heterocycles. The summed E-state index contributed by atoms with van der Waals surface area (Å²) in [6.07, 6.45) is 3.10. The Balaban J connectivity index is 1.47. The van der Waals surface area contributed by atoms with E-state index < -0.39 is 40.0 Å². The maximum atomic E-state index is 13.6. The van der Waals surface area contributed by atoms with Crippen LogP contribution in [0.1, 0.15) is 30.3 Å². The van der Waals surface area contributed by atoms with Crippen molar-refractivity contribution in [3.05, 3.63) is 41.4 Å². The summed E-state index contributed by atoms with van der Waals surface area (Å²) in [5, 5.41) is 29.7. The van der Waals surface area contributed by atoms with E-state index in [2.05, 4.69) is 29.9 Å². The highest BCUT2D eigenvalue weighted by Crippen LogP contribution is 2.54. The minimum atomic E-state index is -1.53. The highest BCUT2D eigenvalue weighted by atomic mass is 32.2. The molecule has 0 spiro atoms. The average molecular weight is 590 g/mol. The summed E-state index contributed by atoms with van der Waals surface area (Å²) in [4.78, 5) is 63.2. The Morgan fingerprint density at radius 2 is 2.00 bits per heavy atom. The van der Waals surface area contributed by atoms with Gasteiger partial charge in [-0.1, -0.05) is 10.3 Å². The first-order valence-corrected chi connectivity index (χ1v) is 13.1. The Morgan fingerprint density at radius 3 is 2.62 bits per heavy atom. The van der Waals surface area contributed by atoms with Gasteiger partial charge >= 0.3 is 23.5 Å². The van der Waals surface area contributed by atoms with E-state index in [-0.39, 0.29) is 40.4 Å². The highest BCUT2D eigenvalue weighted by molar-refractivity contribution is 8.01. The fourth-order valence-electron chi connectivity index (χ4n) is 4.52. The van der Waals surface area contributed by atoms with Gasteiger partial charge in [-0.3, -0.25) is 14.5 Å². The standard InChI is InChI=1S/C21H20N10O7S2/c1-20(25-14(32)10(27-38-3)12-23-18(22)40-28-12)17(37)31-11(15(33)34)9(8-39-21(20,31)2)7-29-5-4-6-30-19(29)24-13(26-30)16(35)36/h4-6H,7-8H2,1-3H3,(H4-,22,23,25,28,32,33,34,35,36)/p+1/b27-10-/t20-,21-/m1/s1. The van der Waals surface area contributed by atoms with Gasteiger partial charge < -0.3 is 26.1 Å². The largest absolute Gasteiger partial charge is 0.477 e. The Labute approximate surface area is 232 Å². The number of aliphatic carboxylic acids is 1. The number of nitrogen functional groups attached to an aromatic ring is 1. The van der Waals surface area contributed by atoms with Crippen LogP contribution in [0.3, 0.4) is 0 Å². The van der Waals surface area contributed by atoms with Gasteiger partial charge in [-0.25, -0.2) is 14.2 Å².